The molecule has 0 aliphatic carbocycles. The molecule has 0 unspecified atom stereocenters. The SMILES string of the molecule is CC(C)(c1ccc(-c2ccccc2)[nH]1)c1ccc(-c2ccccc2)[nH]1. The molecule has 0 radical (unpaired) electrons. The zero-order chi connectivity index (χ0) is 17.3. The molecule has 0 aliphatic rings. The summed E-state index contributed by atoms with van der Waals surface area (Å²) in [7, 11) is 0. The second-order valence-corrected chi connectivity index (χ2v) is 6.93. The number of benzene rings is 2. The number of aromatic amines is 2. The Morgan fingerprint density at radius 3 is 1.32 bits per heavy atom. The lowest BCUT2D eigenvalue weighted by Crippen LogP contribution is -2.20. The first-order valence-corrected chi connectivity index (χ1v) is 8.64. The molecule has 0 bridgehead atoms. The summed E-state index contributed by atoms with van der Waals surface area (Å²) < 4.78 is 0. The topological polar surface area (TPSA) is 31.6 Å². The largest absolute Gasteiger partial charge is 0.358 e. The van der Waals surface area contributed by atoms with Crippen LogP contribution in [0.25, 0.3) is 22.5 Å². The van der Waals surface area contributed by atoms with E-state index in [1.165, 1.54) is 22.5 Å². The Morgan fingerprint density at radius 2 is 0.920 bits per heavy atom. The molecule has 4 aromatic rings. The fourth-order valence-corrected chi connectivity index (χ4v) is 3.24. The Balaban J connectivity index is 1.66. The zero-order valence-corrected chi connectivity index (χ0v) is 14.6. The van der Waals surface area contributed by atoms with Gasteiger partial charge in [0.15, 0.2) is 0 Å². The predicted octanol–water partition coefficient (Wildman–Crippen LogP) is 6.00. The maximum atomic E-state index is 3.60. The Morgan fingerprint density at radius 1 is 0.520 bits per heavy atom. The molecule has 2 N–H and O–H groups in total. The molecule has 2 heteroatoms. The van der Waals surface area contributed by atoms with E-state index in [1.807, 2.05) is 12.1 Å². The van der Waals surface area contributed by atoms with Gasteiger partial charge in [0.25, 0.3) is 0 Å². The molecule has 2 nitrogen and oxygen atoms in total. The molecule has 25 heavy (non-hydrogen) atoms. The lowest BCUT2D eigenvalue weighted by molar-refractivity contribution is 0.604. The van der Waals surface area contributed by atoms with Crippen molar-refractivity contribution >= 4 is 0 Å². The first kappa shape index (κ1) is 15.5. The summed E-state index contributed by atoms with van der Waals surface area (Å²) in [6.07, 6.45) is 0. The van der Waals surface area contributed by atoms with Gasteiger partial charge in [-0.15, -0.1) is 0 Å². The minimum atomic E-state index is -0.125. The van der Waals surface area contributed by atoms with Crippen LogP contribution in [0.2, 0.25) is 0 Å². The zero-order valence-electron chi connectivity index (χ0n) is 14.6. The predicted molar refractivity (Wildman–Crippen MR) is 105 cm³/mol. The average Bonchev–Trinajstić information content (AvgIpc) is 3.34. The van der Waals surface area contributed by atoms with Crippen molar-refractivity contribution in [1.82, 2.24) is 9.97 Å². The van der Waals surface area contributed by atoms with E-state index in [0.717, 1.165) is 11.4 Å². The second-order valence-electron chi connectivity index (χ2n) is 6.93. The van der Waals surface area contributed by atoms with Crippen LogP contribution in [-0.2, 0) is 5.41 Å². The highest BCUT2D eigenvalue weighted by Crippen LogP contribution is 2.33. The molecular formula is C23H22N2. The highest BCUT2D eigenvalue weighted by molar-refractivity contribution is 5.62. The molecule has 0 spiro atoms. The van der Waals surface area contributed by atoms with Gasteiger partial charge in [0, 0.05) is 28.2 Å². The molecule has 124 valence electrons. The van der Waals surface area contributed by atoms with Crippen molar-refractivity contribution in [3.05, 3.63) is 96.3 Å². The number of aromatic nitrogens is 2. The third kappa shape index (κ3) is 2.91. The van der Waals surface area contributed by atoms with Crippen molar-refractivity contribution in [2.45, 2.75) is 19.3 Å². The van der Waals surface area contributed by atoms with Gasteiger partial charge in [0.05, 0.1) is 0 Å². The summed E-state index contributed by atoms with van der Waals surface area (Å²) in [5, 5.41) is 0. The Hall–Kier alpha value is -3.00. The van der Waals surface area contributed by atoms with E-state index in [9.17, 15) is 0 Å². The van der Waals surface area contributed by atoms with Crippen LogP contribution < -0.4 is 0 Å². The molecule has 0 amide bonds. The number of rotatable bonds is 4. The van der Waals surface area contributed by atoms with Crippen LogP contribution in [0, 0.1) is 0 Å². The van der Waals surface area contributed by atoms with Crippen LogP contribution in [0.15, 0.2) is 84.9 Å². The minimum Gasteiger partial charge on any atom is -0.358 e. The van der Waals surface area contributed by atoms with Crippen LogP contribution in [0.5, 0.6) is 0 Å². The van der Waals surface area contributed by atoms with Crippen LogP contribution in [0.4, 0.5) is 0 Å². The van der Waals surface area contributed by atoms with Gasteiger partial charge in [-0.1, -0.05) is 60.7 Å². The molecule has 0 saturated heterocycles. The van der Waals surface area contributed by atoms with Gasteiger partial charge in [0.2, 0.25) is 0 Å². The molecule has 0 atom stereocenters. The van der Waals surface area contributed by atoms with Gasteiger partial charge >= 0.3 is 0 Å². The maximum Gasteiger partial charge on any atom is 0.0456 e. The van der Waals surface area contributed by atoms with Crippen molar-refractivity contribution < 1.29 is 0 Å². The van der Waals surface area contributed by atoms with Gasteiger partial charge in [-0.3, -0.25) is 0 Å². The molecular weight excluding hydrogens is 304 g/mol. The summed E-state index contributed by atoms with van der Waals surface area (Å²) >= 11 is 0. The van der Waals surface area contributed by atoms with Gasteiger partial charge in [-0.25, -0.2) is 0 Å². The first-order valence-electron chi connectivity index (χ1n) is 8.64. The summed E-state index contributed by atoms with van der Waals surface area (Å²) in [6, 6.07) is 29.6. The molecule has 0 aliphatic heterocycles. The highest BCUT2D eigenvalue weighted by Gasteiger charge is 2.26. The van der Waals surface area contributed by atoms with E-state index in [0.29, 0.717) is 0 Å². The van der Waals surface area contributed by atoms with E-state index >= 15 is 0 Å². The second kappa shape index (κ2) is 6.14. The summed E-state index contributed by atoms with van der Waals surface area (Å²) in [5.74, 6) is 0. The number of hydrogen-bond donors (Lipinski definition) is 2. The number of H-pyrrole nitrogens is 2. The van der Waals surface area contributed by atoms with Crippen LogP contribution in [0.1, 0.15) is 25.2 Å². The quantitative estimate of drug-likeness (QED) is 0.461. The maximum absolute atomic E-state index is 3.60. The smallest absolute Gasteiger partial charge is 0.0456 e. The standard InChI is InChI=1S/C23H22N2/c1-23(2,21-15-13-19(24-21)17-9-5-3-6-10-17)22-16-14-20(25-22)18-11-7-4-8-12-18/h3-16,24-25H,1-2H3. The van der Waals surface area contributed by atoms with E-state index in [2.05, 4.69) is 96.6 Å². The monoisotopic (exact) mass is 326 g/mol. The van der Waals surface area contributed by atoms with Crippen molar-refractivity contribution in [2.75, 3.05) is 0 Å². The van der Waals surface area contributed by atoms with E-state index in [-0.39, 0.29) is 5.41 Å². The molecule has 2 aromatic heterocycles. The van der Waals surface area contributed by atoms with E-state index in [1.54, 1.807) is 0 Å². The van der Waals surface area contributed by atoms with Gasteiger partial charge in [-0.2, -0.15) is 0 Å². The summed E-state index contributed by atoms with van der Waals surface area (Å²) in [5.41, 5.74) is 7.00. The van der Waals surface area contributed by atoms with Gasteiger partial charge < -0.3 is 9.97 Å². The van der Waals surface area contributed by atoms with Crippen molar-refractivity contribution in [2.24, 2.45) is 0 Å². The number of nitrogens with one attached hydrogen (secondary N) is 2. The van der Waals surface area contributed by atoms with Crippen LogP contribution in [0.3, 0.4) is 0 Å². The van der Waals surface area contributed by atoms with Crippen LogP contribution in [-0.4, -0.2) is 9.97 Å². The normalized spacial score (nSPS) is 11.6. The Kier molecular flexibility index (Phi) is 3.81. The van der Waals surface area contributed by atoms with Crippen molar-refractivity contribution in [1.29, 1.82) is 0 Å². The van der Waals surface area contributed by atoms with Gasteiger partial charge in [-0.05, 0) is 49.2 Å². The Bertz CT molecular complexity index is 880. The first-order chi connectivity index (χ1) is 12.1. The lowest BCUT2D eigenvalue weighted by atomic mass is 9.86. The van der Waals surface area contributed by atoms with Crippen LogP contribution >= 0.6 is 0 Å². The third-order valence-corrected chi connectivity index (χ3v) is 4.89. The summed E-state index contributed by atoms with van der Waals surface area (Å²) in [4.78, 5) is 7.19. The van der Waals surface area contributed by atoms with E-state index < -0.39 is 0 Å². The highest BCUT2D eigenvalue weighted by atomic mass is 14.8. The summed E-state index contributed by atoms with van der Waals surface area (Å²) in [6.45, 7) is 4.49. The minimum absolute atomic E-state index is 0.125. The molecule has 2 heterocycles. The number of hydrogen-bond acceptors (Lipinski definition) is 0. The van der Waals surface area contributed by atoms with Gasteiger partial charge in [0.1, 0.15) is 0 Å². The molecule has 0 saturated carbocycles. The third-order valence-electron chi connectivity index (χ3n) is 4.89. The average molecular weight is 326 g/mol. The van der Waals surface area contributed by atoms with E-state index in [4.69, 9.17) is 0 Å². The van der Waals surface area contributed by atoms with Crippen molar-refractivity contribution in [3.63, 3.8) is 0 Å². The molecule has 2 aromatic carbocycles. The fraction of sp³-hybridized carbons (Fsp3) is 0.130. The molecule has 4 rings (SSSR count). The fourth-order valence-electron chi connectivity index (χ4n) is 3.24. The van der Waals surface area contributed by atoms with Crippen molar-refractivity contribution in [3.8, 4) is 22.5 Å². The molecule has 0 fully saturated rings. The Labute approximate surface area is 148 Å². The lowest BCUT2D eigenvalue weighted by Gasteiger charge is -2.22.